The second-order valence-electron chi connectivity index (χ2n) is 5.05. The third-order valence-electron chi connectivity index (χ3n) is 3.31. The van der Waals surface area contributed by atoms with Crippen molar-refractivity contribution >= 4 is 6.09 Å². The minimum atomic E-state index is -0.280. The number of ether oxygens (including phenoxy) is 1. The lowest BCUT2D eigenvalue weighted by Gasteiger charge is -2.47. The monoisotopic (exact) mass is 259 g/mol. The number of amides is 1. The maximum absolute atomic E-state index is 11.3. The molecule has 1 saturated heterocycles. The lowest BCUT2D eigenvalue weighted by molar-refractivity contribution is 0.0413. The Balaban J connectivity index is 1.83. The molecule has 0 spiro atoms. The number of likely N-dealkylation sites (tertiary alicyclic amines) is 1. The maximum atomic E-state index is 11.3. The summed E-state index contributed by atoms with van der Waals surface area (Å²) in [5.74, 6) is 0. The van der Waals surface area contributed by atoms with Gasteiger partial charge in [0.2, 0.25) is 0 Å². The molecule has 1 aliphatic rings. The van der Waals surface area contributed by atoms with Gasteiger partial charge in [0.15, 0.2) is 0 Å². The molecular weight excluding hydrogens is 242 g/mol. The summed E-state index contributed by atoms with van der Waals surface area (Å²) in [7, 11) is 1.39. The number of nitrogens with one attached hydrogen (secondary N) is 1. The zero-order chi connectivity index (χ0) is 13.9. The lowest BCUT2D eigenvalue weighted by Crippen LogP contribution is -2.68. The molecule has 1 aromatic carbocycles. The van der Waals surface area contributed by atoms with Crippen LogP contribution in [0.1, 0.15) is 18.1 Å². The minimum Gasteiger partial charge on any atom is -0.453 e. The van der Waals surface area contributed by atoms with Crippen molar-refractivity contribution < 1.29 is 9.53 Å². The molecule has 0 aliphatic carbocycles. The summed E-state index contributed by atoms with van der Waals surface area (Å²) < 4.78 is 4.66. The molecule has 1 heterocycles. The molecule has 0 atom stereocenters. The van der Waals surface area contributed by atoms with Gasteiger partial charge >= 0.3 is 6.09 Å². The fourth-order valence-corrected chi connectivity index (χ4v) is 2.18. The van der Waals surface area contributed by atoms with Crippen LogP contribution in [0.2, 0.25) is 0 Å². The fraction of sp³-hybridized carbons (Fsp3) is 0.429. The standard InChI is InChI=1S/C14H17N3O2/c1-14(9-17(10-14)13(18)19-2)16-8-12-5-3-11(7-15)4-6-12/h3-6,16H,8-10H2,1-2H3. The van der Waals surface area contributed by atoms with Gasteiger partial charge in [0.25, 0.3) is 0 Å². The van der Waals surface area contributed by atoms with Crippen LogP contribution in [0.5, 0.6) is 0 Å². The molecule has 19 heavy (non-hydrogen) atoms. The average Bonchev–Trinajstić information content (AvgIpc) is 2.41. The van der Waals surface area contributed by atoms with Gasteiger partial charge in [-0.2, -0.15) is 5.26 Å². The van der Waals surface area contributed by atoms with Crippen molar-refractivity contribution in [3.63, 3.8) is 0 Å². The Morgan fingerprint density at radius 1 is 1.47 bits per heavy atom. The molecule has 1 aliphatic heterocycles. The van der Waals surface area contributed by atoms with Gasteiger partial charge in [-0.3, -0.25) is 0 Å². The Morgan fingerprint density at radius 2 is 2.11 bits per heavy atom. The Labute approximate surface area is 112 Å². The van der Waals surface area contributed by atoms with E-state index in [1.807, 2.05) is 12.1 Å². The van der Waals surface area contributed by atoms with Crippen LogP contribution < -0.4 is 5.32 Å². The first-order chi connectivity index (χ1) is 9.06. The normalized spacial score (nSPS) is 16.4. The highest BCUT2D eigenvalue weighted by Crippen LogP contribution is 2.21. The van der Waals surface area contributed by atoms with Crippen molar-refractivity contribution in [1.29, 1.82) is 5.26 Å². The lowest BCUT2D eigenvalue weighted by atomic mass is 9.92. The van der Waals surface area contributed by atoms with E-state index in [1.54, 1.807) is 17.0 Å². The van der Waals surface area contributed by atoms with Crippen LogP contribution in [0.4, 0.5) is 4.79 Å². The number of methoxy groups -OCH3 is 1. The van der Waals surface area contributed by atoms with E-state index in [0.717, 1.165) is 12.1 Å². The van der Waals surface area contributed by atoms with E-state index in [9.17, 15) is 4.79 Å². The molecule has 5 heteroatoms. The number of hydrogen-bond acceptors (Lipinski definition) is 4. The van der Waals surface area contributed by atoms with Gasteiger partial charge in [-0.05, 0) is 24.6 Å². The molecule has 0 aromatic heterocycles. The van der Waals surface area contributed by atoms with E-state index in [-0.39, 0.29) is 11.6 Å². The predicted molar refractivity (Wildman–Crippen MR) is 70.4 cm³/mol. The van der Waals surface area contributed by atoms with E-state index in [1.165, 1.54) is 7.11 Å². The maximum Gasteiger partial charge on any atom is 0.409 e. The Hall–Kier alpha value is -2.06. The van der Waals surface area contributed by atoms with E-state index >= 15 is 0 Å². The summed E-state index contributed by atoms with van der Waals surface area (Å²) in [6, 6.07) is 9.58. The molecule has 0 unspecified atom stereocenters. The van der Waals surface area contributed by atoms with Crippen LogP contribution in [0, 0.1) is 11.3 Å². The summed E-state index contributed by atoms with van der Waals surface area (Å²) in [5, 5.41) is 12.2. The first-order valence-electron chi connectivity index (χ1n) is 6.13. The second-order valence-corrected chi connectivity index (χ2v) is 5.05. The zero-order valence-electron chi connectivity index (χ0n) is 11.1. The molecule has 1 amide bonds. The third-order valence-corrected chi connectivity index (χ3v) is 3.31. The highest BCUT2D eigenvalue weighted by Gasteiger charge is 2.41. The summed E-state index contributed by atoms with van der Waals surface area (Å²) in [4.78, 5) is 12.9. The number of carbonyl (C=O) groups excluding carboxylic acids is 1. The molecule has 0 bridgehead atoms. The van der Waals surface area contributed by atoms with Gasteiger partial charge in [0.1, 0.15) is 0 Å². The van der Waals surface area contributed by atoms with Gasteiger partial charge in [-0.15, -0.1) is 0 Å². The largest absolute Gasteiger partial charge is 0.453 e. The smallest absolute Gasteiger partial charge is 0.409 e. The van der Waals surface area contributed by atoms with Crippen LogP contribution in [-0.4, -0.2) is 36.7 Å². The van der Waals surface area contributed by atoms with Crippen LogP contribution in [-0.2, 0) is 11.3 Å². The topological polar surface area (TPSA) is 65.4 Å². The first kappa shape index (κ1) is 13.4. The number of rotatable bonds is 3. The minimum absolute atomic E-state index is 0.0674. The predicted octanol–water partition coefficient (Wildman–Crippen LogP) is 1.49. The summed E-state index contributed by atoms with van der Waals surface area (Å²) in [6.45, 7) is 4.10. The van der Waals surface area contributed by atoms with Gasteiger partial charge in [0, 0.05) is 19.6 Å². The number of nitriles is 1. The van der Waals surface area contributed by atoms with E-state index in [4.69, 9.17) is 5.26 Å². The molecule has 1 N–H and O–H groups in total. The molecular formula is C14H17N3O2. The fourth-order valence-electron chi connectivity index (χ4n) is 2.18. The quantitative estimate of drug-likeness (QED) is 0.893. The van der Waals surface area contributed by atoms with Crippen molar-refractivity contribution in [2.75, 3.05) is 20.2 Å². The van der Waals surface area contributed by atoms with Crippen molar-refractivity contribution in [3.8, 4) is 6.07 Å². The van der Waals surface area contributed by atoms with Crippen molar-refractivity contribution in [3.05, 3.63) is 35.4 Å². The second kappa shape index (κ2) is 5.29. The number of hydrogen-bond donors (Lipinski definition) is 1. The number of carbonyl (C=O) groups is 1. The number of benzene rings is 1. The molecule has 2 rings (SSSR count). The van der Waals surface area contributed by atoms with Crippen LogP contribution in [0.15, 0.2) is 24.3 Å². The summed E-state index contributed by atoms with van der Waals surface area (Å²) in [5.41, 5.74) is 1.72. The molecule has 0 saturated carbocycles. The summed E-state index contributed by atoms with van der Waals surface area (Å²) in [6.07, 6.45) is -0.280. The number of nitrogens with zero attached hydrogens (tertiary/aromatic N) is 2. The van der Waals surface area contributed by atoms with Gasteiger partial charge in [-0.25, -0.2) is 4.79 Å². The molecule has 100 valence electrons. The molecule has 0 radical (unpaired) electrons. The average molecular weight is 259 g/mol. The highest BCUT2D eigenvalue weighted by molar-refractivity contribution is 5.69. The van der Waals surface area contributed by atoms with Crippen LogP contribution in [0.25, 0.3) is 0 Å². The van der Waals surface area contributed by atoms with Crippen molar-refractivity contribution in [2.45, 2.75) is 19.0 Å². The zero-order valence-corrected chi connectivity index (χ0v) is 11.1. The van der Waals surface area contributed by atoms with Gasteiger partial charge < -0.3 is 15.0 Å². The van der Waals surface area contributed by atoms with Gasteiger partial charge in [0.05, 0.1) is 24.3 Å². The molecule has 1 aromatic rings. The van der Waals surface area contributed by atoms with E-state index in [0.29, 0.717) is 18.7 Å². The van der Waals surface area contributed by atoms with Crippen LogP contribution in [0.3, 0.4) is 0 Å². The Kier molecular flexibility index (Phi) is 3.72. The van der Waals surface area contributed by atoms with Gasteiger partial charge in [-0.1, -0.05) is 12.1 Å². The highest BCUT2D eigenvalue weighted by atomic mass is 16.5. The van der Waals surface area contributed by atoms with E-state index < -0.39 is 0 Å². The first-order valence-corrected chi connectivity index (χ1v) is 6.13. The van der Waals surface area contributed by atoms with E-state index in [2.05, 4.69) is 23.0 Å². The molecule has 5 nitrogen and oxygen atoms in total. The SMILES string of the molecule is COC(=O)N1CC(C)(NCc2ccc(C#N)cc2)C1. The molecule has 1 fully saturated rings. The van der Waals surface area contributed by atoms with Crippen molar-refractivity contribution in [1.82, 2.24) is 10.2 Å². The summed E-state index contributed by atoms with van der Waals surface area (Å²) >= 11 is 0. The third kappa shape index (κ3) is 3.04. The Bertz CT molecular complexity index is 498. The van der Waals surface area contributed by atoms with Crippen LogP contribution >= 0.6 is 0 Å². The Morgan fingerprint density at radius 3 is 2.63 bits per heavy atom. The van der Waals surface area contributed by atoms with Crippen molar-refractivity contribution in [2.24, 2.45) is 0 Å².